The van der Waals surface area contributed by atoms with Crippen molar-refractivity contribution in [1.82, 2.24) is 5.32 Å². The number of esters is 1. The number of rotatable bonds is 8. The van der Waals surface area contributed by atoms with Crippen LogP contribution in [-0.2, 0) is 9.53 Å². The fourth-order valence-electron chi connectivity index (χ4n) is 1.64. The number of unbranched alkanes of at least 4 members (excludes halogenated alkanes) is 1. The monoisotopic (exact) mass is 213 g/mol. The third kappa shape index (κ3) is 4.65. The first-order chi connectivity index (χ1) is 7.22. The van der Waals surface area contributed by atoms with Crippen molar-refractivity contribution in [1.29, 1.82) is 0 Å². The van der Waals surface area contributed by atoms with E-state index in [0.717, 1.165) is 19.4 Å². The molecule has 1 saturated carbocycles. The number of ether oxygens (including phenoxy) is 1. The summed E-state index contributed by atoms with van der Waals surface area (Å²) in [4.78, 5) is 11.2. The predicted octanol–water partition coefficient (Wildman–Crippen LogP) is 2.11. The number of carbonyl (C=O) groups is 1. The summed E-state index contributed by atoms with van der Waals surface area (Å²) in [6, 6.07) is 0. The van der Waals surface area contributed by atoms with E-state index in [0.29, 0.717) is 18.6 Å². The summed E-state index contributed by atoms with van der Waals surface area (Å²) in [5.41, 5.74) is 0.504. The van der Waals surface area contributed by atoms with Crippen LogP contribution in [0.25, 0.3) is 0 Å². The van der Waals surface area contributed by atoms with Crippen molar-refractivity contribution in [3.8, 4) is 0 Å². The lowest BCUT2D eigenvalue weighted by Crippen LogP contribution is -2.30. The van der Waals surface area contributed by atoms with E-state index < -0.39 is 0 Å². The minimum atomic E-state index is -0.115. The molecule has 3 nitrogen and oxygen atoms in total. The third-order valence-electron chi connectivity index (χ3n) is 3.24. The van der Waals surface area contributed by atoms with E-state index in [2.05, 4.69) is 19.2 Å². The lowest BCUT2D eigenvalue weighted by atomic mass is 10.0. The van der Waals surface area contributed by atoms with E-state index in [1.807, 2.05) is 0 Å². The summed E-state index contributed by atoms with van der Waals surface area (Å²) < 4.78 is 5.05. The normalized spacial score (nSPS) is 17.5. The van der Waals surface area contributed by atoms with E-state index in [4.69, 9.17) is 4.74 Å². The molecule has 0 aromatic heterocycles. The zero-order valence-electron chi connectivity index (χ0n) is 9.97. The quantitative estimate of drug-likeness (QED) is 0.496. The second kappa shape index (κ2) is 6.11. The molecule has 0 bridgehead atoms. The Morgan fingerprint density at radius 1 is 1.40 bits per heavy atom. The third-order valence-corrected chi connectivity index (χ3v) is 3.24. The highest BCUT2D eigenvalue weighted by Gasteiger charge is 2.39. The van der Waals surface area contributed by atoms with Gasteiger partial charge in [0.1, 0.15) is 0 Å². The first-order valence-electron chi connectivity index (χ1n) is 6.09. The van der Waals surface area contributed by atoms with Crippen molar-refractivity contribution < 1.29 is 9.53 Å². The average Bonchev–Trinajstić information content (AvgIpc) is 2.99. The Bertz CT molecular complexity index is 200. The Hall–Kier alpha value is -0.570. The van der Waals surface area contributed by atoms with E-state index in [9.17, 15) is 4.79 Å². The smallest absolute Gasteiger partial charge is 0.319 e. The molecule has 15 heavy (non-hydrogen) atoms. The molecule has 88 valence electrons. The van der Waals surface area contributed by atoms with Gasteiger partial charge >= 0.3 is 5.97 Å². The molecule has 0 atom stereocenters. The van der Waals surface area contributed by atoms with E-state index in [-0.39, 0.29) is 5.97 Å². The summed E-state index contributed by atoms with van der Waals surface area (Å²) in [5.74, 6) is -0.115. The Morgan fingerprint density at radius 3 is 2.67 bits per heavy atom. The maximum Gasteiger partial charge on any atom is 0.319 e. The van der Waals surface area contributed by atoms with Gasteiger partial charge in [0.15, 0.2) is 0 Å². The molecule has 1 rings (SSSR count). The van der Waals surface area contributed by atoms with Gasteiger partial charge in [-0.2, -0.15) is 0 Å². The van der Waals surface area contributed by atoms with Gasteiger partial charge in [0, 0.05) is 6.54 Å². The van der Waals surface area contributed by atoms with Crippen LogP contribution in [0.1, 0.15) is 46.0 Å². The van der Waals surface area contributed by atoms with Crippen LogP contribution in [-0.4, -0.2) is 25.7 Å². The average molecular weight is 213 g/mol. The topological polar surface area (TPSA) is 38.3 Å². The van der Waals surface area contributed by atoms with Crippen LogP contribution in [0.15, 0.2) is 0 Å². The summed E-state index contributed by atoms with van der Waals surface area (Å²) in [5, 5.41) is 3.19. The highest BCUT2D eigenvalue weighted by atomic mass is 16.5. The van der Waals surface area contributed by atoms with Gasteiger partial charge in [-0.05, 0) is 31.1 Å². The molecule has 0 spiro atoms. The fraction of sp³-hybridized carbons (Fsp3) is 0.917. The highest BCUT2D eigenvalue weighted by molar-refractivity contribution is 5.71. The molecular formula is C12H23NO2. The van der Waals surface area contributed by atoms with Gasteiger partial charge in [-0.15, -0.1) is 0 Å². The molecule has 0 aromatic carbocycles. The Labute approximate surface area is 92.6 Å². The van der Waals surface area contributed by atoms with Gasteiger partial charge in [-0.3, -0.25) is 4.79 Å². The van der Waals surface area contributed by atoms with Crippen LogP contribution >= 0.6 is 0 Å². The van der Waals surface area contributed by atoms with Crippen LogP contribution in [0.4, 0.5) is 0 Å². The van der Waals surface area contributed by atoms with Crippen molar-refractivity contribution in [3.63, 3.8) is 0 Å². The van der Waals surface area contributed by atoms with Crippen molar-refractivity contribution in [2.75, 3.05) is 19.7 Å². The van der Waals surface area contributed by atoms with Crippen molar-refractivity contribution >= 4 is 5.97 Å². The molecule has 1 aliphatic rings. The largest absolute Gasteiger partial charge is 0.465 e. The zero-order valence-corrected chi connectivity index (χ0v) is 9.97. The van der Waals surface area contributed by atoms with E-state index in [1.54, 1.807) is 0 Å². The maximum atomic E-state index is 11.2. The van der Waals surface area contributed by atoms with Gasteiger partial charge in [-0.1, -0.05) is 20.3 Å². The molecule has 1 aliphatic carbocycles. The molecule has 3 heteroatoms. The second-order valence-electron chi connectivity index (χ2n) is 4.53. The van der Waals surface area contributed by atoms with Crippen molar-refractivity contribution in [3.05, 3.63) is 0 Å². The van der Waals surface area contributed by atoms with Gasteiger partial charge in [-0.25, -0.2) is 0 Å². The number of hydrogen-bond acceptors (Lipinski definition) is 3. The van der Waals surface area contributed by atoms with E-state index >= 15 is 0 Å². The molecule has 0 unspecified atom stereocenters. The van der Waals surface area contributed by atoms with Gasteiger partial charge in [0.05, 0.1) is 13.2 Å². The first kappa shape index (κ1) is 12.5. The van der Waals surface area contributed by atoms with Crippen LogP contribution in [0.2, 0.25) is 0 Å². The SMILES string of the molecule is CCCCOC(=O)CNCC1(CC)CC1. The zero-order chi connectivity index (χ0) is 11.1. The summed E-state index contributed by atoms with van der Waals surface area (Å²) in [7, 11) is 0. The molecular weight excluding hydrogens is 190 g/mol. The lowest BCUT2D eigenvalue weighted by molar-refractivity contribution is -0.142. The second-order valence-corrected chi connectivity index (χ2v) is 4.53. The minimum Gasteiger partial charge on any atom is -0.465 e. The molecule has 0 radical (unpaired) electrons. The summed E-state index contributed by atoms with van der Waals surface area (Å²) >= 11 is 0. The standard InChI is InChI=1S/C12H23NO2/c1-3-5-8-15-11(14)9-13-10-12(4-2)6-7-12/h13H,3-10H2,1-2H3. The van der Waals surface area contributed by atoms with Crippen molar-refractivity contribution in [2.24, 2.45) is 5.41 Å². The van der Waals surface area contributed by atoms with Crippen LogP contribution in [0.3, 0.4) is 0 Å². The fourth-order valence-corrected chi connectivity index (χ4v) is 1.64. The molecule has 0 saturated heterocycles. The van der Waals surface area contributed by atoms with Gasteiger partial charge in [0.25, 0.3) is 0 Å². The molecule has 0 heterocycles. The molecule has 0 aliphatic heterocycles. The molecule has 1 N–H and O–H groups in total. The van der Waals surface area contributed by atoms with Crippen molar-refractivity contribution in [2.45, 2.75) is 46.0 Å². The molecule has 0 amide bonds. The molecule has 0 aromatic rings. The summed E-state index contributed by atoms with van der Waals surface area (Å²) in [6.45, 7) is 6.20. The minimum absolute atomic E-state index is 0.115. The van der Waals surface area contributed by atoms with Crippen LogP contribution in [0, 0.1) is 5.41 Å². The first-order valence-corrected chi connectivity index (χ1v) is 6.09. The lowest BCUT2D eigenvalue weighted by Gasteiger charge is -2.12. The maximum absolute atomic E-state index is 11.2. The Balaban J connectivity index is 1.97. The van der Waals surface area contributed by atoms with E-state index in [1.165, 1.54) is 19.3 Å². The van der Waals surface area contributed by atoms with Crippen LogP contribution in [0.5, 0.6) is 0 Å². The summed E-state index contributed by atoms with van der Waals surface area (Å²) in [6.07, 6.45) is 5.86. The number of hydrogen-bond donors (Lipinski definition) is 1. The predicted molar refractivity (Wildman–Crippen MR) is 60.7 cm³/mol. The Morgan fingerprint density at radius 2 is 2.13 bits per heavy atom. The molecule has 1 fully saturated rings. The Kier molecular flexibility index (Phi) is 5.09. The van der Waals surface area contributed by atoms with Gasteiger partial charge in [0.2, 0.25) is 0 Å². The van der Waals surface area contributed by atoms with Crippen LogP contribution < -0.4 is 5.32 Å². The number of carbonyl (C=O) groups excluding carboxylic acids is 1. The number of nitrogens with one attached hydrogen (secondary N) is 1. The van der Waals surface area contributed by atoms with Gasteiger partial charge < -0.3 is 10.1 Å². The highest BCUT2D eigenvalue weighted by Crippen LogP contribution is 2.47.